The van der Waals surface area contributed by atoms with Crippen LogP contribution in [0.2, 0.25) is 0 Å². The van der Waals surface area contributed by atoms with Gasteiger partial charge in [0.2, 0.25) is 11.8 Å². The highest BCUT2D eigenvalue weighted by atomic mass is 19.4. The van der Waals surface area contributed by atoms with Crippen LogP contribution in [-0.2, 0) is 20.8 Å². The fourth-order valence-corrected chi connectivity index (χ4v) is 1.70. The molecule has 0 aromatic heterocycles. The van der Waals surface area contributed by atoms with Gasteiger partial charge in [0, 0.05) is 6.42 Å². The normalized spacial score (nSPS) is 12.3. The van der Waals surface area contributed by atoms with Crippen LogP contribution >= 0.6 is 0 Å². The Balaban J connectivity index is 2.51. The van der Waals surface area contributed by atoms with E-state index < -0.39 is 43.0 Å². The zero-order valence-electron chi connectivity index (χ0n) is 11.9. The lowest BCUT2D eigenvalue weighted by Crippen LogP contribution is -2.44. The number of nitrogens with one attached hydrogen (secondary N) is 2. The van der Waals surface area contributed by atoms with E-state index in [0.29, 0.717) is 5.56 Å². The Morgan fingerprint density at radius 3 is 2.22 bits per heavy atom. The molecule has 0 aliphatic rings. The lowest BCUT2D eigenvalue weighted by Gasteiger charge is -2.15. The summed E-state index contributed by atoms with van der Waals surface area (Å²) in [6.07, 6.45) is -5.47. The number of carbonyl (C=O) groups is 3. The molecule has 0 unspecified atom stereocenters. The van der Waals surface area contributed by atoms with Crippen molar-refractivity contribution in [2.24, 2.45) is 0 Å². The van der Waals surface area contributed by atoms with Gasteiger partial charge < -0.3 is 15.7 Å². The van der Waals surface area contributed by atoms with Crippen molar-refractivity contribution in [2.75, 3.05) is 6.54 Å². The number of benzene rings is 1. The maximum atomic E-state index is 11.9. The summed E-state index contributed by atoms with van der Waals surface area (Å²) in [5.74, 6) is -3.41. The van der Waals surface area contributed by atoms with Crippen molar-refractivity contribution in [1.29, 1.82) is 0 Å². The third-order valence-corrected chi connectivity index (χ3v) is 2.72. The first-order valence-corrected chi connectivity index (χ1v) is 6.57. The minimum Gasteiger partial charge on any atom is -0.480 e. The summed E-state index contributed by atoms with van der Waals surface area (Å²) < 4.78 is 35.8. The molecule has 1 atom stereocenters. The molecular formula is C14H15F3N2O4. The van der Waals surface area contributed by atoms with Gasteiger partial charge in [-0.25, -0.2) is 4.79 Å². The van der Waals surface area contributed by atoms with Crippen molar-refractivity contribution in [3.8, 4) is 0 Å². The van der Waals surface area contributed by atoms with Crippen LogP contribution in [0.25, 0.3) is 0 Å². The second-order valence-corrected chi connectivity index (χ2v) is 4.72. The lowest BCUT2D eigenvalue weighted by atomic mass is 10.1. The van der Waals surface area contributed by atoms with Crippen molar-refractivity contribution in [1.82, 2.24) is 10.6 Å². The zero-order chi connectivity index (χ0) is 17.5. The van der Waals surface area contributed by atoms with E-state index in [1.54, 1.807) is 30.3 Å². The van der Waals surface area contributed by atoms with Crippen LogP contribution in [0.5, 0.6) is 0 Å². The van der Waals surface area contributed by atoms with Crippen LogP contribution < -0.4 is 10.6 Å². The molecule has 0 fully saturated rings. The molecule has 2 amide bonds. The van der Waals surface area contributed by atoms with E-state index in [4.69, 9.17) is 5.11 Å². The predicted molar refractivity (Wildman–Crippen MR) is 73.4 cm³/mol. The summed E-state index contributed by atoms with van der Waals surface area (Å²) in [6.45, 7) is -1.55. The fraction of sp³-hybridized carbons (Fsp3) is 0.357. The SMILES string of the molecule is O=C(CC(=O)N[C@@H](Cc1ccccc1)C(=O)O)NCC(F)(F)F. The molecule has 9 heteroatoms. The minimum absolute atomic E-state index is 0.00785. The molecular weight excluding hydrogens is 317 g/mol. The van der Waals surface area contributed by atoms with Crippen LogP contribution in [0, 0.1) is 0 Å². The predicted octanol–water partition coefficient (Wildman–Crippen LogP) is 0.867. The second kappa shape index (κ2) is 8.16. The lowest BCUT2D eigenvalue weighted by molar-refractivity contribution is -0.144. The van der Waals surface area contributed by atoms with Gasteiger partial charge >= 0.3 is 12.1 Å². The molecule has 0 saturated carbocycles. The number of hydrogen-bond acceptors (Lipinski definition) is 3. The topological polar surface area (TPSA) is 95.5 Å². The van der Waals surface area contributed by atoms with Crippen LogP contribution in [0.15, 0.2) is 30.3 Å². The Bertz CT molecular complexity index is 561. The summed E-state index contributed by atoms with van der Waals surface area (Å²) in [5, 5.41) is 12.7. The molecule has 0 saturated heterocycles. The summed E-state index contributed by atoms with van der Waals surface area (Å²) in [7, 11) is 0. The van der Waals surface area contributed by atoms with E-state index in [1.165, 1.54) is 5.32 Å². The van der Waals surface area contributed by atoms with Crippen LogP contribution in [0.3, 0.4) is 0 Å². The summed E-state index contributed by atoms with van der Waals surface area (Å²) in [4.78, 5) is 33.9. The number of halogens is 3. The molecule has 3 N–H and O–H groups in total. The van der Waals surface area contributed by atoms with Gasteiger partial charge in [0.25, 0.3) is 0 Å². The van der Waals surface area contributed by atoms with Gasteiger partial charge in [-0.05, 0) is 5.56 Å². The molecule has 1 aromatic rings. The molecule has 0 bridgehead atoms. The highest BCUT2D eigenvalue weighted by molar-refractivity contribution is 5.98. The second-order valence-electron chi connectivity index (χ2n) is 4.72. The van der Waals surface area contributed by atoms with Gasteiger partial charge in [0.05, 0.1) is 0 Å². The average molecular weight is 332 g/mol. The van der Waals surface area contributed by atoms with Crippen LogP contribution in [-0.4, -0.2) is 41.7 Å². The molecule has 23 heavy (non-hydrogen) atoms. The maximum Gasteiger partial charge on any atom is 0.405 e. The Hall–Kier alpha value is -2.58. The van der Waals surface area contributed by atoms with Gasteiger partial charge in [0.15, 0.2) is 0 Å². The molecule has 1 aromatic carbocycles. The quantitative estimate of drug-likeness (QED) is 0.646. The highest BCUT2D eigenvalue weighted by Crippen LogP contribution is 2.12. The number of hydrogen-bond donors (Lipinski definition) is 3. The molecule has 0 spiro atoms. The summed E-state index contributed by atoms with van der Waals surface area (Å²) in [5.41, 5.74) is 0.654. The smallest absolute Gasteiger partial charge is 0.405 e. The van der Waals surface area contributed by atoms with Crippen molar-refractivity contribution in [3.63, 3.8) is 0 Å². The van der Waals surface area contributed by atoms with Gasteiger partial charge in [-0.15, -0.1) is 0 Å². The third-order valence-electron chi connectivity index (χ3n) is 2.72. The number of alkyl halides is 3. The highest BCUT2D eigenvalue weighted by Gasteiger charge is 2.28. The maximum absolute atomic E-state index is 11.9. The fourth-order valence-electron chi connectivity index (χ4n) is 1.70. The minimum atomic E-state index is -4.58. The first kappa shape index (κ1) is 18.5. The molecule has 6 nitrogen and oxygen atoms in total. The van der Waals surface area contributed by atoms with Gasteiger partial charge in [0.1, 0.15) is 19.0 Å². The molecule has 0 aliphatic carbocycles. The number of rotatable bonds is 7. The van der Waals surface area contributed by atoms with E-state index in [1.807, 2.05) is 0 Å². The molecule has 0 aliphatic heterocycles. The van der Waals surface area contributed by atoms with E-state index in [-0.39, 0.29) is 6.42 Å². The standard InChI is InChI=1S/C14H15F3N2O4/c15-14(16,17)8-18-11(20)7-12(21)19-10(13(22)23)6-9-4-2-1-3-5-9/h1-5,10H,6-8H2,(H,18,20)(H,19,21)(H,22,23)/t10-/m0/s1. The number of carboxylic acid groups (broad SMARTS) is 1. The molecule has 0 radical (unpaired) electrons. The summed E-state index contributed by atoms with van der Waals surface area (Å²) in [6, 6.07) is 7.18. The van der Waals surface area contributed by atoms with Crippen molar-refractivity contribution >= 4 is 17.8 Å². The molecule has 0 heterocycles. The zero-order valence-corrected chi connectivity index (χ0v) is 11.9. The van der Waals surface area contributed by atoms with E-state index in [2.05, 4.69) is 5.32 Å². The monoisotopic (exact) mass is 332 g/mol. The number of aliphatic carboxylic acids is 1. The third kappa shape index (κ3) is 7.84. The number of carbonyl (C=O) groups excluding carboxylic acids is 2. The number of amides is 2. The Morgan fingerprint density at radius 1 is 1.09 bits per heavy atom. The molecule has 126 valence electrons. The first-order valence-electron chi connectivity index (χ1n) is 6.57. The Morgan fingerprint density at radius 2 is 1.70 bits per heavy atom. The largest absolute Gasteiger partial charge is 0.480 e. The van der Waals surface area contributed by atoms with Crippen molar-refractivity contribution < 1.29 is 32.7 Å². The Kier molecular flexibility index (Phi) is 6.55. The molecule has 1 rings (SSSR count). The average Bonchev–Trinajstić information content (AvgIpc) is 2.44. The van der Waals surface area contributed by atoms with E-state index in [9.17, 15) is 27.6 Å². The summed E-state index contributed by atoms with van der Waals surface area (Å²) >= 11 is 0. The van der Waals surface area contributed by atoms with E-state index >= 15 is 0 Å². The van der Waals surface area contributed by atoms with E-state index in [0.717, 1.165) is 0 Å². The van der Waals surface area contributed by atoms with Crippen LogP contribution in [0.1, 0.15) is 12.0 Å². The van der Waals surface area contributed by atoms with Gasteiger partial charge in [-0.2, -0.15) is 13.2 Å². The van der Waals surface area contributed by atoms with Gasteiger partial charge in [-0.1, -0.05) is 30.3 Å². The first-order chi connectivity index (χ1) is 10.7. The van der Waals surface area contributed by atoms with Crippen molar-refractivity contribution in [2.45, 2.75) is 25.1 Å². The van der Waals surface area contributed by atoms with Gasteiger partial charge in [-0.3, -0.25) is 9.59 Å². The van der Waals surface area contributed by atoms with Crippen LogP contribution in [0.4, 0.5) is 13.2 Å². The Labute approximate surface area is 129 Å². The van der Waals surface area contributed by atoms with Crippen molar-refractivity contribution in [3.05, 3.63) is 35.9 Å². The number of carboxylic acids is 1.